The molecule has 1 fully saturated rings. The maximum absolute atomic E-state index is 11.4. The Morgan fingerprint density at radius 1 is 1.50 bits per heavy atom. The largest absolute Gasteiger partial charge is 0.337 e. The SMILES string of the molecule is CC/C=C/C(=O)N1CCNCC1. The maximum Gasteiger partial charge on any atom is 0.246 e. The molecule has 0 bridgehead atoms. The van der Waals surface area contributed by atoms with E-state index in [0.717, 1.165) is 32.6 Å². The highest BCUT2D eigenvalue weighted by atomic mass is 16.2. The van der Waals surface area contributed by atoms with Crippen molar-refractivity contribution in [3.05, 3.63) is 12.2 Å². The number of carbonyl (C=O) groups excluding carboxylic acids is 1. The summed E-state index contributed by atoms with van der Waals surface area (Å²) >= 11 is 0. The highest BCUT2D eigenvalue weighted by Gasteiger charge is 2.12. The van der Waals surface area contributed by atoms with E-state index in [1.165, 1.54) is 0 Å². The molecular weight excluding hydrogens is 152 g/mol. The second-order valence-electron chi connectivity index (χ2n) is 2.89. The number of hydrogen-bond acceptors (Lipinski definition) is 2. The number of allylic oxidation sites excluding steroid dienone is 1. The van der Waals surface area contributed by atoms with Crippen molar-refractivity contribution >= 4 is 5.91 Å². The lowest BCUT2D eigenvalue weighted by molar-refractivity contribution is -0.126. The molecule has 1 aliphatic heterocycles. The highest BCUT2D eigenvalue weighted by Crippen LogP contribution is 1.94. The van der Waals surface area contributed by atoms with Gasteiger partial charge in [0.1, 0.15) is 0 Å². The minimum atomic E-state index is 0.151. The second kappa shape index (κ2) is 4.93. The zero-order valence-corrected chi connectivity index (χ0v) is 7.55. The van der Waals surface area contributed by atoms with Crippen LogP contribution in [0.25, 0.3) is 0 Å². The molecule has 3 heteroatoms. The van der Waals surface area contributed by atoms with Gasteiger partial charge in [0.25, 0.3) is 0 Å². The molecule has 1 rings (SSSR count). The average Bonchev–Trinajstić information content (AvgIpc) is 2.15. The third-order valence-electron chi connectivity index (χ3n) is 1.92. The lowest BCUT2D eigenvalue weighted by Gasteiger charge is -2.26. The molecule has 0 aliphatic carbocycles. The van der Waals surface area contributed by atoms with E-state index < -0.39 is 0 Å². The van der Waals surface area contributed by atoms with E-state index >= 15 is 0 Å². The van der Waals surface area contributed by atoms with Crippen LogP contribution in [0.3, 0.4) is 0 Å². The fourth-order valence-corrected chi connectivity index (χ4v) is 1.21. The van der Waals surface area contributed by atoms with E-state index in [1.807, 2.05) is 17.9 Å². The van der Waals surface area contributed by atoms with Crippen LogP contribution >= 0.6 is 0 Å². The number of piperazine rings is 1. The summed E-state index contributed by atoms with van der Waals surface area (Å²) in [5.41, 5.74) is 0. The number of nitrogens with one attached hydrogen (secondary N) is 1. The van der Waals surface area contributed by atoms with Gasteiger partial charge in [-0.3, -0.25) is 4.79 Å². The molecule has 0 aromatic heterocycles. The molecule has 1 amide bonds. The third kappa shape index (κ3) is 2.66. The summed E-state index contributed by atoms with van der Waals surface area (Å²) in [7, 11) is 0. The van der Waals surface area contributed by atoms with E-state index in [2.05, 4.69) is 5.32 Å². The van der Waals surface area contributed by atoms with Crippen molar-refractivity contribution in [2.45, 2.75) is 13.3 Å². The Kier molecular flexibility index (Phi) is 3.80. The first-order chi connectivity index (χ1) is 5.84. The van der Waals surface area contributed by atoms with Gasteiger partial charge in [-0.15, -0.1) is 0 Å². The number of amides is 1. The van der Waals surface area contributed by atoms with Gasteiger partial charge >= 0.3 is 0 Å². The zero-order chi connectivity index (χ0) is 8.81. The van der Waals surface area contributed by atoms with Gasteiger partial charge in [-0.2, -0.15) is 0 Å². The Morgan fingerprint density at radius 3 is 2.75 bits per heavy atom. The first-order valence-electron chi connectivity index (χ1n) is 4.50. The molecule has 0 saturated carbocycles. The van der Waals surface area contributed by atoms with Crippen LogP contribution in [0.1, 0.15) is 13.3 Å². The first kappa shape index (κ1) is 9.26. The fourth-order valence-electron chi connectivity index (χ4n) is 1.21. The van der Waals surface area contributed by atoms with Crippen LogP contribution in [0.5, 0.6) is 0 Å². The number of hydrogen-bond donors (Lipinski definition) is 1. The van der Waals surface area contributed by atoms with E-state index in [4.69, 9.17) is 0 Å². The minimum absolute atomic E-state index is 0.151. The Bertz CT molecular complexity index is 171. The van der Waals surface area contributed by atoms with E-state index in [1.54, 1.807) is 6.08 Å². The third-order valence-corrected chi connectivity index (χ3v) is 1.92. The molecular formula is C9H16N2O. The molecule has 12 heavy (non-hydrogen) atoms. The van der Waals surface area contributed by atoms with Gasteiger partial charge in [0.2, 0.25) is 5.91 Å². The molecule has 0 spiro atoms. The van der Waals surface area contributed by atoms with Crippen LogP contribution in [-0.4, -0.2) is 37.0 Å². The molecule has 1 aliphatic rings. The Hall–Kier alpha value is -0.830. The molecule has 3 nitrogen and oxygen atoms in total. The topological polar surface area (TPSA) is 32.3 Å². The van der Waals surface area contributed by atoms with Crippen molar-refractivity contribution in [3.8, 4) is 0 Å². The minimum Gasteiger partial charge on any atom is -0.337 e. The smallest absolute Gasteiger partial charge is 0.246 e. The Morgan fingerprint density at radius 2 is 2.17 bits per heavy atom. The summed E-state index contributed by atoms with van der Waals surface area (Å²) < 4.78 is 0. The molecule has 0 aromatic carbocycles. The van der Waals surface area contributed by atoms with Crippen molar-refractivity contribution in [2.24, 2.45) is 0 Å². The van der Waals surface area contributed by atoms with Gasteiger partial charge in [-0.25, -0.2) is 0 Å². The average molecular weight is 168 g/mol. The quantitative estimate of drug-likeness (QED) is 0.605. The van der Waals surface area contributed by atoms with Gasteiger partial charge in [0, 0.05) is 26.2 Å². The van der Waals surface area contributed by atoms with Gasteiger partial charge in [0.05, 0.1) is 0 Å². The van der Waals surface area contributed by atoms with Gasteiger partial charge < -0.3 is 10.2 Å². The molecule has 0 atom stereocenters. The number of rotatable bonds is 2. The van der Waals surface area contributed by atoms with Crippen molar-refractivity contribution in [1.29, 1.82) is 0 Å². The van der Waals surface area contributed by atoms with Crippen molar-refractivity contribution < 1.29 is 4.79 Å². The van der Waals surface area contributed by atoms with Crippen LogP contribution in [0.4, 0.5) is 0 Å². The summed E-state index contributed by atoms with van der Waals surface area (Å²) in [4.78, 5) is 13.2. The molecule has 0 radical (unpaired) electrons. The molecule has 1 heterocycles. The molecule has 0 aromatic rings. The predicted octanol–water partition coefficient (Wildman–Crippen LogP) is 0.384. The van der Waals surface area contributed by atoms with Crippen LogP contribution in [0.2, 0.25) is 0 Å². The highest BCUT2D eigenvalue weighted by molar-refractivity contribution is 5.87. The second-order valence-corrected chi connectivity index (χ2v) is 2.89. The van der Waals surface area contributed by atoms with Crippen molar-refractivity contribution in [1.82, 2.24) is 10.2 Å². The van der Waals surface area contributed by atoms with E-state index in [0.29, 0.717) is 0 Å². The number of carbonyl (C=O) groups is 1. The van der Waals surface area contributed by atoms with Gasteiger partial charge in [0.15, 0.2) is 0 Å². The lowest BCUT2D eigenvalue weighted by Crippen LogP contribution is -2.45. The molecule has 1 saturated heterocycles. The lowest BCUT2D eigenvalue weighted by atomic mass is 10.3. The summed E-state index contributed by atoms with van der Waals surface area (Å²) in [5, 5.41) is 3.21. The van der Waals surface area contributed by atoms with E-state index in [-0.39, 0.29) is 5.91 Å². The Labute approximate surface area is 73.4 Å². The normalized spacial score (nSPS) is 18.6. The zero-order valence-electron chi connectivity index (χ0n) is 7.55. The Balaban J connectivity index is 2.34. The van der Waals surface area contributed by atoms with Crippen LogP contribution in [-0.2, 0) is 4.79 Å². The van der Waals surface area contributed by atoms with Crippen LogP contribution < -0.4 is 5.32 Å². The molecule has 1 N–H and O–H groups in total. The number of nitrogens with zero attached hydrogens (tertiary/aromatic N) is 1. The standard InChI is InChI=1S/C9H16N2O/c1-2-3-4-9(12)11-7-5-10-6-8-11/h3-4,10H,2,5-8H2,1H3/b4-3+. The summed E-state index contributed by atoms with van der Waals surface area (Å²) in [6, 6.07) is 0. The summed E-state index contributed by atoms with van der Waals surface area (Å²) in [6.45, 7) is 5.55. The van der Waals surface area contributed by atoms with Crippen LogP contribution in [0.15, 0.2) is 12.2 Å². The maximum atomic E-state index is 11.4. The monoisotopic (exact) mass is 168 g/mol. The van der Waals surface area contributed by atoms with Crippen molar-refractivity contribution in [2.75, 3.05) is 26.2 Å². The predicted molar refractivity (Wildman–Crippen MR) is 48.9 cm³/mol. The van der Waals surface area contributed by atoms with Gasteiger partial charge in [-0.1, -0.05) is 13.0 Å². The fraction of sp³-hybridized carbons (Fsp3) is 0.667. The summed E-state index contributed by atoms with van der Waals surface area (Å²) in [6.07, 6.45) is 4.51. The van der Waals surface area contributed by atoms with E-state index in [9.17, 15) is 4.79 Å². The first-order valence-corrected chi connectivity index (χ1v) is 4.50. The van der Waals surface area contributed by atoms with Crippen molar-refractivity contribution in [3.63, 3.8) is 0 Å². The molecule has 68 valence electrons. The van der Waals surface area contributed by atoms with Gasteiger partial charge in [-0.05, 0) is 12.5 Å². The summed E-state index contributed by atoms with van der Waals surface area (Å²) in [5.74, 6) is 0.151. The van der Waals surface area contributed by atoms with Crippen LogP contribution in [0, 0.1) is 0 Å². The molecule has 0 unspecified atom stereocenters.